The molecule has 6 nitrogen and oxygen atoms in total. The molecule has 1 saturated heterocycles. The molecule has 1 aliphatic heterocycles. The molecule has 0 amide bonds. The lowest BCUT2D eigenvalue weighted by molar-refractivity contribution is 0.110. The minimum atomic E-state index is 0.324. The van der Waals surface area contributed by atoms with Gasteiger partial charge in [-0.05, 0) is 36.2 Å². The van der Waals surface area contributed by atoms with Gasteiger partial charge in [0.1, 0.15) is 0 Å². The third-order valence-electron chi connectivity index (χ3n) is 5.96. The van der Waals surface area contributed by atoms with Gasteiger partial charge >= 0.3 is 0 Å². The molecule has 0 radical (unpaired) electrons. The van der Waals surface area contributed by atoms with Crippen LogP contribution in [0.2, 0.25) is 0 Å². The number of rotatable bonds is 8. The number of piperazine rings is 1. The highest BCUT2D eigenvalue weighted by molar-refractivity contribution is 7.99. The summed E-state index contributed by atoms with van der Waals surface area (Å²) in [6.45, 7) is 5.51. The normalized spacial score (nSPS) is 15.5. The van der Waals surface area contributed by atoms with Crippen LogP contribution in [-0.2, 0) is 0 Å². The summed E-state index contributed by atoms with van der Waals surface area (Å²) in [4.78, 5) is 9.73. The Labute approximate surface area is 193 Å². The Bertz CT molecular complexity index is 1040. The van der Waals surface area contributed by atoms with Crippen molar-refractivity contribution >= 4 is 17.4 Å². The summed E-state index contributed by atoms with van der Waals surface area (Å²) in [6, 6.07) is 25.9. The molecule has 2 aromatic carbocycles. The Hall–Kier alpha value is -2.74. The van der Waals surface area contributed by atoms with Crippen LogP contribution in [-0.4, -0.2) is 68.1 Å². The third-order valence-corrected chi connectivity index (χ3v) is 6.88. The van der Waals surface area contributed by atoms with Crippen LogP contribution < -0.4 is 0 Å². The number of hydrogen-bond donors (Lipinski definition) is 0. The van der Waals surface area contributed by atoms with Crippen molar-refractivity contribution in [2.24, 2.45) is 0 Å². The Morgan fingerprint density at radius 2 is 1.50 bits per heavy atom. The lowest BCUT2D eigenvalue weighted by atomic mass is 9.96. The molecule has 1 aliphatic rings. The van der Waals surface area contributed by atoms with Gasteiger partial charge in [0.15, 0.2) is 5.65 Å². The van der Waals surface area contributed by atoms with Gasteiger partial charge in [0, 0.05) is 38.1 Å². The highest BCUT2D eigenvalue weighted by atomic mass is 32.2. The first-order valence-electron chi connectivity index (χ1n) is 11.2. The van der Waals surface area contributed by atoms with E-state index in [1.807, 2.05) is 12.1 Å². The smallest absolute Gasteiger partial charge is 0.211 e. The quantitative estimate of drug-likeness (QED) is 0.302. The number of aromatic nitrogens is 4. The number of thioether (sulfide) groups is 1. The van der Waals surface area contributed by atoms with Gasteiger partial charge in [0.25, 0.3) is 0 Å². The van der Waals surface area contributed by atoms with E-state index in [1.165, 1.54) is 11.1 Å². The second-order valence-electron chi connectivity index (χ2n) is 8.07. The fourth-order valence-electron chi connectivity index (χ4n) is 4.36. The Balaban J connectivity index is 1.13. The molecule has 2 aromatic heterocycles. The molecule has 4 aromatic rings. The van der Waals surface area contributed by atoms with Crippen LogP contribution in [0.25, 0.3) is 5.65 Å². The van der Waals surface area contributed by atoms with E-state index in [0.29, 0.717) is 6.04 Å². The highest BCUT2D eigenvalue weighted by Crippen LogP contribution is 2.29. The minimum absolute atomic E-state index is 0.324. The first-order valence-corrected chi connectivity index (χ1v) is 12.2. The number of fused-ring (bicyclic) bond motifs is 1. The van der Waals surface area contributed by atoms with Crippen molar-refractivity contribution in [2.75, 3.05) is 38.5 Å². The minimum Gasteiger partial charge on any atom is -0.301 e. The maximum absolute atomic E-state index is 4.52. The molecular weight excluding hydrogens is 416 g/mol. The van der Waals surface area contributed by atoms with Gasteiger partial charge in [0.2, 0.25) is 5.16 Å². The molecule has 164 valence electrons. The van der Waals surface area contributed by atoms with Crippen LogP contribution in [0.4, 0.5) is 0 Å². The molecule has 0 aliphatic carbocycles. The molecule has 0 spiro atoms. The van der Waals surface area contributed by atoms with Crippen molar-refractivity contribution in [2.45, 2.75) is 17.6 Å². The molecule has 0 saturated carbocycles. The molecule has 32 heavy (non-hydrogen) atoms. The van der Waals surface area contributed by atoms with E-state index in [2.05, 4.69) is 85.6 Å². The highest BCUT2D eigenvalue weighted by Gasteiger charge is 2.26. The van der Waals surface area contributed by atoms with Gasteiger partial charge in [-0.3, -0.25) is 4.90 Å². The van der Waals surface area contributed by atoms with E-state index in [9.17, 15) is 0 Å². The van der Waals surface area contributed by atoms with Crippen LogP contribution >= 0.6 is 11.8 Å². The molecular formula is C25H28N6S. The lowest BCUT2D eigenvalue weighted by Gasteiger charge is -2.39. The molecule has 3 heterocycles. The summed E-state index contributed by atoms with van der Waals surface area (Å²) >= 11 is 1.71. The summed E-state index contributed by atoms with van der Waals surface area (Å²) in [7, 11) is 0. The van der Waals surface area contributed by atoms with Gasteiger partial charge in [-0.15, -0.1) is 9.73 Å². The van der Waals surface area contributed by atoms with E-state index in [4.69, 9.17) is 0 Å². The van der Waals surface area contributed by atoms with E-state index < -0.39 is 0 Å². The standard InChI is InChI=1S/C25H28N6S/c1-3-9-21(10-4-1)24(22-11-5-2-6-12-22)30-18-16-29(17-19-30)15-8-20-32-25-27-23-13-7-14-26-31(23)28-25/h1-7,9-14,24H,8,15-20H2. The molecule has 0 N–H and O–H groups in total. The van der Waals surface area contributed by atoms with Crippen LogP contribution in [0.5, 0.6) is 0 Å². The monoisotopic (exact) mass is 444 g/mol. The Kier molecular flexibility index (Phi) is 6.77. The zero-order chi connectivity index (χ0) is 21.6. The second kappa shape index (κ2) is 10.3. The van der Waals surface area contributed by atoms with Crippen molar-refractivity contribution in [1.29, 1.82) is 0 Å². The average Bonchev–Trinajstić information content (AvgIpc) is 3.27. The van der Waals surface area contributed by atoms with Crippen molar-refractivity contribution < 1.29 is 0 Å². The predicted octanol–water partition coefficient (Wildman–Crippen LogP) is 4.01. The van der Waals surface area contributed by atoms with Gasteiger partial charge in [0.05, 0.1) is 6.04 Å². The van der Waals surface area contributed by atoms with Gasteiger partial charge in [-0.1, -0.05) is 72.4 Å². The number of benzene rings is 2. The van der Waals surface area contributed by atoms with Gasteiger partial charge < -0.3 is 4.90 Å². The second-order valence-corrected chi connectivity index (χ2v) is 9.13. The first kappa shape index (κ1) is 21.1. The summed E-state index contributed by atoms with van der Waals surface area (Å²) in [5, 5.41) is 9.41. The molecule has 0 bridgehead atoms. The van der Waals surface area contributed by atoms with Gasteiger partial charge in [-0.2, -0.15) is 10.1 Å². The zero-order valence-corrected chi connectivity index (χ0v) is 18.9. The van der Waals surface area contributed by atoms with Crippen LogP contribution in [0.3, 0.4) is 0 Å². The zero-order valence-electron chi connectivity index (χ0n) is 18.1. The molecule has 7 heteroatoms. The molecule has 0 atom stereocenters. The number of hydrogen-bond acceptors (Lipinski definition) is 6. The van der Waals surface area contributed by atoms with E-state index >= 15 is 0 Å². The maximum atomic E-state index is 4.52. The van der Waals surface area contributed by atoms with Crippen molar-refractivity contribution in [3.05, 3.63) is 90.1 Å². The van der Waals surface area contributed by atoms with E-state index in [0.717, 1.165) is 55.7 Å². The van der Waals surface area contributed by atoms with Gasteiger partial charge in [-0.25, -0.2) is 0 Å². The summed E-state index contributed by atoms with van der Waals surface area (Å²) in [5.41, 5.74) is 3.55. The largest absolute Gasteiger partial charge is 0.301 e. The third kappa shape index (κ3) is 5.01. The van der Waals surface area contributed by atoms with E-state index in [-0.39, 0.29) is 0 Å². The fraction of sp³-hybridized carbons (Fsp3) is 0.320. The fourth-order valence-corrected chi connectivity index (χ4v) is 5.11. The van der Waals surface area contributed by atoms with Crippen molar-refractivity contribution in [3.8, 4) is 0 Å². The number of nitrogens with zero attached hydrogens (tertiary/aromatic N) is 6. The lowest BCUT2D eigenvalue weighted by Crippen LogP contribution is -2.48. The SMILES string of the molecule is c1ccc(C(c2ccccc2)N2CCN(CCCSc3nc4cccnn4n3)CC2)cc1. The Morgan fingerprint density at radius 1 is 0.812 bits per heavy atom. The summed E-state index contributed by atoms with van der Waals surface area (Å²) < 4.78 is 1.59. The molecule has 1 fully saturated rings. The molecule has 0 unspecified atom stereocenters. The Morgan fingerprint density at radius 3 is 2.16 bits per heavy atom. The first-order chi connectivity index (χ1) is 15.9. The van der Waals surface area contributed by atoms with Crippen molar-refractivity contribution in [1.82, 2.24) is 29.6 Å². The topological polar surface area (TPSA) is 49.6 Å². The maximum Gasteiger partial charge on any atom is 0.211 e. The average molecular weight is 445 g/mol. The van der Waals surface area contributed by atoms with Crippen molar-refractivity contribution in [3.63, 3.8) is 0 Å². The predicted molar refractivity (Wildman–Crippen MR) is 129 cm³/mol. The van der Waals surface area contributed by atoms with E-state index in [1.54, 1.807) is 22.6 Å². The summed E-state index contributed by atoms with van der Waals surface area (Å²) in [5.74, 6) is 1.02. The van der Waals surface area contributed by atoms with Crippen LogP contribution in [0.1, 0.15) is 23.6 Å². The van der Waals surface area contributed by atoms with Crippen LogP contribution in [0, 0.1) is 0 Å². The van der Waals surface area contributed by atoms with Crippen LogP contribution in [0.15, 0.2) is 84.1 Å². The summed E-state index contributed by atoms with van der Waals surface area (Å²) in [6.07, 6.45) is 2.87. The molecule has 5 rings (SSSR count).